The maximum Gasteiger partial charge on any atom is 0.276 e. The Balaban J connectivity index is 1.34. The van der Waals surface area contributed by atoms with Crippen molar-refractivity contribution in [3.63, 3.8) is 0 Å². The second-order valence-corrected chi connectivity index (χ2v) is 8.30. The summed E-state index contributed by atoms with van der Waals surface area (Å²) in [4.78, 5) is 27.2. The van der Waals surface area contributed by atoms with Crippen LogP contribution in [0, 0.1) is 20.8 Å². The predicted octanol–water partition coefficient (Wildman–Crippen LogP) is 3.23. The van der Waals surface area contributed by atoms with Crippen LogP contribution < -0.4 is 5.32 Å². The molecule has 2 heterocycles. The van der Waals surface area contributed by atoms with Crippen LogP contribution in [-0.2, 0) is 0 Å². The summed E-state index contributed by atoms with van der Waals surface area (Å²) in [5.41, 5.74) is 5.19. The van der Waals surface area contributed by atoms with E-state index in [4.69, 9.17) is 0 Å². The van der Waals surface area contributed by atoms with Gasteiger partial charge in [0.05, 0.1) is 11.9 Å². The molecule has 0 atom stereocenters. The third-order valence-corrected chi connectivity index (χ3v) is 5.61. The predicted molar refractivity (Wildman–Crippen MR) is 118 cm³/mol. The highest BCUT2D eigenvalue weighted by Crippen LogP contribution is 2.16. The number of aromatic nitrogens is 3. The molecule has 7 heteroatoms. The first-order valence-corrected chi connectivity index (χ1v) is 10.6. The van der Waals surface area contributed by atoms with Crippen LogP contribution in [0.1, 0.15) is 50.4 Å². The molecule has 1 aliphatic heterocycles. The fraction of sp³-hybridized carbons (Fsp3) is 0.333. The van der Waals surface area contributed by atoms with E-state index in [0.29, 0.717) is 37.2 Å². The maximum absolute atomic E-state index is 12.8. The fourth-order valence-electron chi connectivity index (χ4n) is 3.95. The molecular formula is C24H27N5O2. The Morgan fingerprint density at radius 2 is 1.58 bits per heavy atom. The Hall–Kier alpha value is -3.48. The average molecular weight is 418 g/mol. The quantitative estimate of drug-likeness (QED) is 0.707. The molecule has 31 heavy (non-hydrogen) atoms. The molecule has 0 saturated carbocycles. The number of benzene rings is 2. The molecule has 0 spiro atoms. The van der Waals surface area contributed by atoms with Gasteiger partial charge in [-0.3, -0.25) is 9.59 Å². The molecule has 2 amide bonds. The molecule has 0 unspecified atom stereocenters. The lowest BCUT2D eigenvalue weighted by Gasteiger charge is -2.32. The minimum absolute atomic E-state index is 0.0561. The molecule has 4 rings (SSSR count). The van der Waals surface area contributed by atoms with Crippen LogP contribution in [0.25, 0.3) is 5.69 Å². The van der Waals surface area contributed by atoms with Crippen molar-refractivity contribution in [3.8, 4) is 5.69 Å². The smallest absolute Gasteiger partial charge is 0.276 e. The molecule has 0 bridgehead atoms. The number of nitrogens with one attached hydrogen (secondary N) is 1. The molecule has 7 nitrogen and oxygen atoms in total. The summed E-state index contributed by atoms with van der Waals surface area (Å²) in [6.45, 7) is 7.15. The van der Waals surface area contributed by atoms with Gasteiger partial charge in [0.15, 0.2) is 5.69 Å². The summed E-state index contributed by atoms with van der Waals surface area (Å²) in [6, 6.07) is 13.8. The zero-order valence-corrected chi connectivity index (χ0v) is 18.1. The number of rotatable bonds is 4. The molecule has 0 aliphatic carbocycles. The second kappa shape index (κ2) is 8.71. The molecule has 1 aliphatic rings. The first kappa shape index (κ1) is 20.8. The van der Waals surface area contributed by atoms with Crippen molar-refractivity contribution in [2.75, 3.05) is 13.1 Å². The zero-order valence-electron chi connectivity index (χ0n) is 18.1. The number of aryl methyl sites for hydroxylation is 3. The van der Waals surface area contributed by atoms with Gasteiger partial charge in [-0.25, -0.2) is 4.68 Å². The van der Waals surface area contributed by atoms with Crippen molar-refractivity contribution in [1.29, 1.82) is 0 Å². The summed E-state index contributed by atoms with van der Waals surface area (Å²) in [7, 11) is 0. The molecular weight excluding hydrogens is 390 g/mol. The highest BCUT2D eigenvalue weighted by molar-refractivity contribution is 5.95. The van der Waals surface area contributed by atoms with E-state index in [-0.39, 0.29) is 17.9 Å². The summed E-state index contributed by atoms with van der Waals surface area (Å²) in [5.74, 6) is -0.185. The van der Waals surface area contributed by atoms with Crippen LogP contribution in [-0.4, -0.2) is 50.8 Å². The molecule has 160 valence electrons. The topological polar surface area (TPSA) is 80.1 Å². The van der Waals surface area contributed by atoms with Gasteiger partial charge in [-0.2, -0.15) is 0 Å². The summed E-state index contributed by atoms with van der Waals surface area (Å²) < 4.78 is 1.61. The lowest BCUT2D eigenvalue weighted by Crippen LogP contribution is -2.46. The molecule has 0 radical (unpaired) electrons. The Morgan fingerprint density at radius 3 is 2.23 bits per heavy atom. The SMILES string of the molecule is Cc1ccc(-n2cc(C(=O)N3CCC(NC(=O)c4cc(C)cc(C)c4)CC3)nn2)cc1. The summed E-state index contributed by atoms with van der Waals surface area (Å²) in [6.07, 6.45) is 3.10. The fourth-order valence-corrected chi connectivity index (χ4v) is 3.95. The van der Waals surface area contributed by atoms with E-state index >= 15 is 0 Å². The van der Waals surface area contributed by atoms with Gasteiger partial charge in [0.1, 0.15) is 0 Å². The zero-order chi connectivity index (χ0) is 22.0. The number of piperidine rings is 1. The van der Waals surface area contributed by atoms with Crippen LogP contribution >= 0.6 is 0 Å². The van der Waals surface area contributed by atoms with Crippen molar-refractivity contribution >= 4 is 11.8 Å². The Bertz CT molecular complexity index is 1080. The third-order valence-electron chi connectivity index (χ3n) is 5.61. The number of carbonyl (C=O) groups is 2. The largest absolute Gasteiger partial charge is 0.349 e. The number of nitrogens with zero attached hydrogens (tertiary/aromatic N) is 4. The molecule has 2 aromatic carbocycles. The first-order valence-electron chi connectivity index (χ1n) is 10.6. The van der Waals surface area contributed by atoms with Crippen molar-refractivity contribution in [2.24, 2.45) is 0 Å². The van der Waals surface area contributed by atoms with Crippen LogP contribution in [0.15, 0.2) is 48.7 Å². The van der Waals surface area contributed by atoms with E-state index in [1.807, 2.05) is 57.2 Å². The van der Waals surface area contributed by atoms with Gasteiger partial charge in [0, 0.05) is 24.7 Å². The number of amides is 2. The van der Waals surface area contributed by atoms with Gasteiger partial charge >= 0.3 is 0 Å². The minimum Gasteiger partial charge on any atom is -0.349 e. The Kier molecular flexibility index (Phi) is 5.84. The Morgan fingerprint density at radius 1 is 0.935 bits per heavy atom. The maximum atomic E-state index is 12.8. The third kappa shape index (κ3) is 4.82. The average Bonchev–Trinajstić information content (AvgIpc) is 3.24. The van der Waals surface area contributed by atoms with Crippen LogP contribution in [0.5, 0.6) is 0 Å². The number of hydrogen-bond acceptors (Lipinski definition) is 4. The molecule has 1 fully saturated rings. The highest BCUT2D eigenvalue weighted by Gasteiger charge is 2.26. The van der Waals surface area contributed by atoms with Crippen molar-refractivity contribution < 1.29 is 9.59 Å². The molecule has 1 saturated heterocycles. The van der Waals surface area contributed by atoms with E-state index in [0.717, 1.165) is 22.4 Å². The normalized spacial score (nSPS) is 14.5. The van der Waals surface area contributed by atoms with Crippen molar-refractivity contribution in [3.05, 3.63) is 76.6 Å². The summed E-state index contributed by atoms with van der Waals surface area (Å²) >= 11 is 0. The minimum atomic E-state index is -0.127. The lowest BCUT2D eigenvalue weighted by molar-refractivity contribution is 0.0692. The van der Waals surface area contributed by atoms with Gasteiger partial charge in [0.25, 0.3) is 11.8 Å². The second-order valence-electron chi connectivity index (χ2n) is 8.30. The first-order chi connectivity index (χ1) is 14.9. The monoisotopic (exact) mass is 417 g/mol. The van der Waals surface area contributed by atoms with Crippen LogP contribution in [0.3, 0.4) is 0 Å². The van der Waals surface area contributed by atoms with Crippen molar-refractivity contribution in [2.45, 2.75) is 39.7 Å². The van der Waals surface area contributed by atoms with E-state index in [1.165, 1.54) is 0 Å². The number of hydrogen-bond donors (Lipinski definition) is 1. The van der Waals surface area contributed by atoms with Gasteiger partial charge in [0.2, 0.25) is 0 Å². The van der Waals surface area contributed by atoms with Crippen LogP contribution in [0.2, 0.25) is 0 Å². The van der Waals surface area contributed by atoms with Crippen molar-refractivity contribution in [1.82, 2.24) is 25.2 Å². The standard InChI is InChI=1S/C24H27N5O2/c1-16-4-6-21(7-5-16)29-15-22(26-27-29)24(31)28-10-8-20(9-11-28)25-23(30)19-13-17(2)12-18(3)14-19/h4-7,12-15,20H,8-11H2,1-3H3,(H,25,30). The van der Waals surface area contributed by atoms with Gasteiger partial charge < -0.3 is 10.2 Å². The van der Waals surface area contributed by atoms with Gasteiger partial charge in [-0.1, -0.05) is 40.1 Å². The summed E-state index contributed by atoms with van der Waals surface area (Å²) in [5, 5.41) is 11.3. The molecule has 1 N–H and O–H groups in total. The molecule has 3 aromatic rings. The van der Waals surface area contributed by atoms with E-state index in [9.17, 15) is 9.59 Å². The van der Waals surface area contributed by atoms with E-state index in [2.05, 4.69) is 21.7 Å². The molecule has 1 aromatic heterocycles. The van der Waals surface area contributed by atoms with Gasteiger partial charge in [-0.05, 0) is 57.9 Å². The Labute approximate surface area is 182 Å². The van der Waals surface area contributed by atoms with Gasteiger partial charge in [-0.15, -0.1) is 5.10 Å². The number of carbonyl (C=O) groups excluding carboxylic acids is 2. The van der Waals surface area contributed by atoms with E-state index in [1.54, 1.807) is 15.8 Å². The highest BCUT2D eigenvalue weighted by atomic mass is 16.2. The number of likely N-dealkylation sites (tertiary alicyclic amines) is 1. The lowest BCUT2D eigenvalue weighted by atomic mass is 10.0. The van der Waals surface area contributed by atoms with E-state index < -0.39 is 0 Å². The van der Waals surface area contributed by atoms with Crippen LogP contribution in [0.4, 0.5) is 0 Å².